The molecule has 5 nitrogen and oxygen atoms in total. The summed E-state index contributed by atoms with van der Waals surface area (Å²) in [4.78, 5) is 78.5. The number of rotatable bonds is 60. The molecule has 0 radical (unpaired) electrons. The quantitative estimate of drug-likeness (QED) is 0.0479. The lowest BCUT2D eigenvalue weighted by Gasteiger charge is -2.49. The second kappa shape index (κ2) is 50.1. The summed E-state index contributed by atoms with van der Waals surface area (Å²) < 4.78 is 0. The smallest absolute Gasteiger partial charge is 0.169 e. The molecule has 0 N–H and O–H groups in total. The molecule has 5 heteroatoms. The molecule has 1 aromatic rings. The first-order valence-electron chi connectivity index (χ1n) is 35.5. The summed E-state index contributed by atoms with van der Waals surface area (Å²) in [6.45, 7) is 9.07. The number of unbranched alkanes of at least 4 members (excludes halogenated alkanes) is 48. The van der Waals surface area contributed by atoms with Crippen LogP contribution in [0.1, 0.15) is 398 Å². The van der Waals surface area contributed by atoms with Gasteiger partial charge >= 0.3 is 0 Å². The molecule has 0 unspecified atom stereocenters. The second-order valence-corrected chi connectivity index (χ2v) is 25.4. The summed E-state index contributed by atoms with van der Waals surface area (Å²) >= 11 is 0. The van der Waals surface area contributed by atoms with Gasteiger partial charge in [0.05, 0.1) is 0 Å². The zero-order valence-corrected chi connectivity index (χ0v) is 53.2. The standard InChI is InChI=1S/C74H130O5/c1-5-9-13-17-21-25-29-33-37-41-45-49-53-61-68(75)73(69(76)62-54-50-46-42-38-34-30-26-22-18-14-10-6-2)67-60-58-57-59-66(67)65-72(79)74(73,70(77)63-55-51-47-43-39-35-31-27-23-19-15-11-7-3)71(78)64-56-52-48-44-40-36-32-28-24-20-16-12-8-4/h57-60H,5-56,61-65H2,1-4H3. The van der Waals surface area contributed by atoms with E-state index in [1.54, 1.807) is 0 Å². The Labute approximate surface area is 490 Å². The van der Waals surface area contributed by atoms with Crippen LogP contribution in [0.25, 0.3) is 0 Å². The molecule has 0 saturated carbocycles. The maximum absolute atomic E-state index is 15.8. The van der Waals surface area contributed by atoms with Gasteiger partial charge < -0.3 is 0 Å². The molecule has 0 fully saturated rings. The van der Waals surface area contributed by atoms with Crippen molar-refractivity contribution >= 4 is 28.9 Å². The van der Waals surface area contributed by atoms with Crippen LogP contribution in [0.5, 0.6) is 0 Å². The minimum atomic E-state index is -2.31. The van der Waals surface area contributed by atoms with Gasteiger partial charge in [0.1, 0.15) is 5.41 Å². The van der Waals surface area contributed by atoms with E-state index in [0.29, 0.717) is 36.8 Å². The van der Waals surface area contributed by atoms with Gasteiger partial charge in [0, 0.05) is 32.1 Å². The maximum Gasteiger partial charge on any atom is 0.169 e. The molecule has 0 amide bonds. The van der Waals surface area contributed by atoms with E-state index in [1.165, 1.54) is 231 Å². The van der Waals surface area contributed by atoms with Crippen LogP contribution in [-0.2, 0) is 35.8 Å². The molecule has 0 atom stereocenters. The normalized spacial score (nSPS) is 13.7. The van der Waals surface area contributed by atoms with E-state index in [2.05, 4.69) is 27.7 Å². The average Bonchev–Trinajstić information content (AvgIpc) is 2.32. The van der Waals surface area contributed by atoms with E-state index in [-0.39, 0.29) is 43.7 Å². The summed E-state index contributed by atoms with van der Waals surface area (Å²) in [6.07, 6.45) is 61.1. The van der Waals surface area contributed by atoms with Crippen molar-refractivity contribution in [3.8, 4) is 0 Å². The van der Waals surface area contributed by atoms with Gasteiger partial charge in [-0.25, -0.2) is 0 Å². The molecule has 1 aliphatic carbocycles. The summed E-state index contributed by atoms with van der Waals surface area (Å²) in [5.41, 5.74) is -3.31. The van der Waals surface area contributed by atoms with E-state index in [9.17, 15) is 0 Å². The third kappa shape index (κ3) is 29.6. The van der Waals surface area contributed by atoms with Crippen molar-refractivity contribution < 1.29 is 24.0 Å². The molecule has 0 spiro atoms. The Morgan fingerprint density at radius 3 is 0.696 bits per heavy atom. The van der Waals surface area contributed by atoms with Crippen LogP contribution >= 0.6 is 0 Å². The topological polar surface area (TPSA) is 85.3 Å². The van der Waals surface area contributed by atoms with Gasteiger partial charge in [-0.15, -0.1) is 0 Å². The fourth-order valence-corrected chi connectivity index (χ4v) is 13.5. The lowest BCUT2D eigenvalue weighted by Crippen LogP contribution is -2.69. The number of ketones is 5. The predicted molar refractivity (Wildman–Crippen MR) is 341 cm³/mol. The highest BCUT2D eigenvalue weighted by Gasteiger charge is 2.72. The number of carbonyl (C=O) groups is 5. The summed E-state index contributed by atoms with van der Waals surface area (Å²) in [5, 5.41) is 0. The van der Waals surface area contributed by atoms with Crippen molar-refractivity contribution in [1.29, 1.82) is 0 Å². The Kier molecular flexibility index (Phi) is 46.1. The van der Waals surface area contributed by atoms with Gasteiger partial charge in [-0.3, -0.25) is 24.0 Å². The van der Waals surface area contributed by atoms with Crippen LogP contribution in [0, 0.1) is 5.41 Å². The zero-order chi connectivity index (χ0) is 57.2. The van der Waals surface area contributed by atoms with E-state index in [4.69, 9.17) is 0 Å². The first-order valence-corrected chi connectivity index (χ1v) is 35.5. The van der Waals surface area contributed by atoms with Crippen molar-refractivity contribution in [3.05, 3.63) is 35.4 Å². The fourth-order valence-electron chi connectivity index (χ4n) is 13.5. The molecule has 2 rings (SSSR count). The van der Waals surface area contributed by atoms with Crippen LogP contribution in [-0.4, -0.2) is 28.9 Å². The van der Waals surface area contributed by atoms with E-state index >= 15 is 24.0 Å². The molecule has 79 heavy (non-hydrogen) atoms. The monoisotopic (exact) mass is 1100 g/mol. The van der Waals surface area contributed by atoms with Gasteiger partial charge in [-0.05, 0) is 36.8 Å². The first kappa shape index (κ1) is 72.7. The molecule has 1 aromatic carbocycles. The van der Waals surface area contributed by atoms with Gasteiger partial charge in [0.2, 0.25) is 0 Å². The number of carbonyl (C=O) groups excluding carboxylic acids is 5. The predicted octanol–water partition coefficient (Wildman–Crippen LogP) is 23.2. The molecule has 0 aromatic heterocycles. The first-order chi connectivity index (χ1) is 38.8. The minimum Gasteiger partial charge on any atom is -0.298 e. The average molecular weight is 1100 g/mol. The third-order valence-electron chi connectivity index (χ3n) is 18.5. The molecule has 0 aliphatic heterocycles. The van der Waals surface area contributed by atoms with Gasteiger partial charge in [0.15, 0.2) is 34.3 Å². The highest BCUT2D eigenvalue weighted by molar-refractivity contribution is 6.36. The zero-order valence-electron chi connectivity index (χ0n) is 53.2. The number of hydrogen-bond acceptors (Lipinski definition) is 5. The lowest BCUT2D eigenvalue weighted by molar-refractivity contribution is -0.165. The number of hydrogen-bond donors (Lipinski definition) is 0. The number of Topliss-reactive ketones (excluding diaryl/α,β-unsaturated/α-hetero) is 5. The highest BCUT2D eigenvalue weighted by Crippen LogP contribution is 2.54. The Bertz CT molecular complexity index is 1570. The van der Waals surface area contributed by atoms with Gasteiger partial charge in [0.25, 0.3) is 0 Å². The number of fused-ring (bicyclic) bond motifs is 1. The van der Waals surface area contributed by atoms with Crippen LogP contribution in [0.2, 0.25) is 0 Å². The molecular formula is C74H130O5. The Morgan fingerprint density at radius 1 is 0.278 bits per heavy atom. The second-order valence-electron chi connectivity index (χ2n) is 25.4. The Balaban J connectivity index is 2.36. The molecule has 0 heterocycles. The van der Waals surface area contributed by atoms with E-state index < -0.39 is 28.2 Å². The molecule has 1 aliphatic rings. The minimum absolute atomic E-state index is 0.0514. The molecule has 0 saturated heterocycles. The largest absolute Gasteiger partial charge is 0.298 e. The van der Waals surface area contributed by atoms with E-state index in [1.807, 2.05) is 24.3 Å². The van der Waals surface area contributed by atoms with Gasteiger partial charge in [-0.1, -0.05) is 360 Å². The van der Waals surface area contributed by atoms with Crippen molar-refractivity contribution in [3.63, 3.8) is 0 Å². The van der Waals surface area contributed by atoms with Crippen molar-refractivity contribution in [2.75, 3.05) is 0 Å². The molecule has 0 bridgehead atoms. The van der Waals surface area contributed by atoms with E-state index in [0.717, 1.165) is 77.0 Å². The Morgan fingerprint density at radius 2 is 0.468 bits per heavy atom. The van der Waals surface area contributed by atoms with Crippen molar-refractivity contribution in [2.45, 2.75) is 399 Å². The van der Waals surface area contributed by atoms with Crippen LogP contribution in [0.3, 0.4) is 0 Å². The summed E-state index contributed by atoms with van der Waals surface area (Å²) in [5.74, 6) is -2.11. The SMILES string of the molecule is CCCCCCCCCCCCCCCC(=O)C1(C(=O)CCCCCCCCCCCCCCC)C(=O)Cc2ccccc2C1(C(=O)CCCCCCCCCCCCCCC)C(=O)CCCCCCCCCCCCCCC. The summed E-state index contributed by atoms with van der Waals surface area (Å²) in [6, 6.07) is 7.45. The summed E-state index contributed by atoms with van der Waals surface area (Å²) in [7, 11) is 0. The van der Waals surface area contributed by atoms with Crippen LogP contribution in [0.15, 0.2) is 24.3 Å². The fraction of sp³-hybridized carbons (Fsp3) is 0.851. The maximum atomic E-state index is 15.8. The van der Waals surface area contributed by atoms with Crippen molar-refractivity contribution in [1.82, 2.24) is 0 Å². The van der Waals surface area contributed by atoms with Crippen LogP contribution in [0.4, 0.5) is 0 Å². The molecule has 456 valence electrons. The van der Waals surface area contributed by atoms with Crippen molar-refractivity contribution in [2.24, 2.45) is 5.41 Å². The number of benzene rings is 1. The van der Waals surface area contributed by atoms with Crippen LogP contribution < -0.4 is 0 Å². The molecular weight excluding hydrogens is 969 g/mol. The Hall–Kier alpha value is -2.43. The van der Waals surface area contributed by atoms with Gasteiger partial charge in [-0.2, -0.15) is 0 Å². The third-order valence-corrected chi connectivity index (χ3v) is 18.5. The highest BCUT2D eigenvalue weighted by atomic mass is 16.2. The lowest BCUT2D eigenvalue weighted by atomic mass is 9.45.